The van der Waals surface area contributed by atoms with Gasteiger partial charge in [0, 0.05) is 18.9 Å². The molecule has 0 aliphatic heterocycles. The van der Waals surface area contributed by atoms with E-state index in [0.29, 0.717) is 6.54 Å². The van der Waals surface area contributed by atoms with Gasteiger partial charge >= 0.3 is 5.76 Å². The molecule has 0 aliphatic carbocycles. The summed E-state index contributed by atoms with van der Waals surface area (Å²) in [6.07, 6.45) is 1.85. The molecule has 0 fully saturated rings. The number of para-hydroxylation sites is 1. The van der Waals surface area contributed by atoms with Gasteiger partial charge in [0.1, 0.15) is 0 Å². The van der Waals surface area contributed by atoms with E-state index in [4.69, 9.17) is 0 Å². The minimum atomic E-state index is -4.61. The molecule has 1 aromatic heterocycles. The lowest BCUT2D eigenvalue weighted by Gasteiger charge is -2.12. The molecule has 1 aromatic carbocycles. The van der Waals surface area contributed by atoms with Crippen molar-refractivity contribution in [2.45, 2.75) is 17.2 Å². The van der Waals surface area contributed by atoms with Gasteiger partial charge in [0.25, 0.3) is 0 Å². The number of halogens is 2. The van der Waals surface area contributed by atoms with E-state index >= 15 is 0 Å². The number of benzene rings is 1. The maximum atomic E-state index is 12.6. The fourth-order valence-corrected chi connectivity index (χ4v) is 2.73. The third-order valence-corrected chi connectivity index (χ3v) is 4.38. The quantitative estimate of drug-likeness (QED) is 0.923. The molecule has 108 valence electrons. The first-order valence-electron chi connectivity index (χ1n) is 5.88. The number of aryl methyl sites for hydroxylation is 1. The van der Waals surface area contributed by atoms with Crippen LogP contribution in [0.2, 0.25) is 0 Å². The minimum absolute atomic E-state index is 0.175. The van der Waals surface area contributed by atoms with E-state index in [0.717, 1.165) is 5.69 Å². The molecule has 0 unspecified atom stereocenters. The van der Waals surface area contributed by atoms with Crippen LogP contribution < -0.4 is 5.32 Å². The van der Waals surface area contributed by atoms with Crippen LogP contribution in [0.5, 0.6) is 0 Å². The molecular formula is C13H14F2N2O2S. The van der Waals surface area contributed by atoms with Gasteiger partial charge in [-0.05, 0) is 24.3 Å². The molecule has 0 radical (unpaired) electrons. The molecule has 1 heterocycles. The predicted molar refractivity (Wildman–Crippen MR) is 72.4 cm³/mol. The highest BCUT2D eigenvalue weighted by Crippen LogP contribution is 2.26. The van der Waals surface area contributed by atoms with Gasteiger partial charge in [-0.2, -0.15) is 8.78 Å². The summed E-state index contributed by atoms with van der Waals surface area (Å²) in [6.45, 7) is 0.346. The Balaban J connectivity index is 2.28. The van der Waals surface area contributed by atoms with Crippen LogP contribution in [0.25, 0.3) is 0 Å². The first-order chi connectivity index (χ1) is 9.43. The van der Waals surface area contributed by atoms with E-state index in [1.54, 1.807) is 6.07 Å². The largest absolute Gasteiger partial charge is 0.378 e. The first-order valence-corrected chi connectivity index (χ1v) is 7.42. The van der Waals surface area contributed by atoms with Crippen molar-refractivity contribution < 1.29 is 17.2 Å². The molecule has 7 heteroatoms. The number of sulfone groups is 1. The Hall–Kier alpha value is -1.89. The number of anilines is 1. The van der Waals surface area contributed by atoms with Gasteiger partial charge in [-0.3, -0.25) is 0 Å². The summed E-state index contributed by atoms with van der Waals surface area (Å²) < 4.78 is 50.3. The van der Waals surface area contributed by atoms with Gasteiger partial charge in [-0.15, -0.1) is 0 Å². The first kappa shape index (κ1) is 14.5. The SMILES string of the molecule is Cn1cccc1CNc1ccccc1S(=O)(=O)C(F)F. The Labute approximate surface area is 116 Å². The lowest BCUT2D eigenvalue weighted by molar-refractivity contribution is 0.235. The fourth-order valence-electron chi connectivity index (χ4n) is 1.82. The lowest BCUT2D eigenvalue weighted by Crippen LogP contribution is -2.14. The average Bonchev–Trinajstić information content (AvgIpc) is 2.82. The summed E-state index contributed by atoms with van der Waals surface area (Å²) in [5, 5.41) is 2.88. The number of nitrogens with zero attached hydrogens (tertiary/aromatic N) is 1. The van der Waals surface area contributed by atoms with Gasteiger partial charge in [0.05, 0.1) is 17.1 Å². The van der Waals surface area contributed by atoms with Crippen molar-refractivity contribution >= 4 is 15.5 Å². The molecule has 0 amide bonds. The van der Waals surface area contributed by atoms with Gasteiger partial charge in [-0.1, -0.05) is 12.1 Å². The summed E-state index contributed by atoms with van der Waals surface area (Å²) >= 11 is 0. The summed E-state index contributed by atoms with van der Waals surface area (Å²) in [6, 6.07) is 9.36. The summed E-state index contributed by atoms with van der Waals surface area (Å²) in [5.74, 6) is -3.43. The van der Waals surface area contributed by atoms with Gasteiger partial charge in [0.2, 0.25) is 9.84 Å². The Kier molecular flexibility index (Phi) is 4.08. The molecule has 0 bridgehead atoms. The Morgan fingerprint density at radius 1 is 1.20 bits per heavy atom. The molecule has 4 nitrogen and oxygen atoms in total. The fraction of sp³-hybridized carbons (Fsp3) is 0.231. The zero-order chi connectivity index (χ0) is 14.8. The lowest BCUT2D eigenvalue weighted by atomic mass is 10.3. The Morgan fingerprint density at radius 3 is 2.50 bits per heavy atom. The van der Waals surface area contributed by atoms with Crippen molar-refractivity contribution in [1.82, 2.24) is 4.57 Å². The van der Waals surface area contributed by atoms with E-state index in [2.05, 4.69) is 5.32 Å². The van der Waals surface area contributed by atoms with Crippen molar-refractivity contribution in [2.75, 3.05) is 5.32 Å². The highest BCUT2D eigenvalue weighted by molar-refractivity contribution is 7.91. The standard InChI is InChI=1S/C13H14F2N2O2S/c1-17-8-4-5-10(17)9-16-11-6-2-3-7-12(11)20(18,19)13(14)15/h2-8,13,16H,9H2,1H3. The summed E-state index contributed by atoms with van der Waals surface area (Å²) in [4.78, 5) is -0.385. The van der Waals surface area contributed by atoms with E-state index in [1.807, 2.05) is 29.9 Å². The number of hydrogen-bond acceptors (Lipinski definition) is 3. The highest BCUT2D eigenvalue weighted by Gasteiger charge is 2.28. The van der Waals surface area contributed by atoms with Crippen molar-refractivity contribution in [1.29, 1.82) is 0 Å². The number of aromatic nitrogens is 1. The number of hydrogen-bond donors (Lipinski definition) is 1. The van der Waals surface area contributed by atoms with Crippen molar-refractivity contribution in [3.63, 3.8) is 0 Å². The number of nitrogens with one attached hydrogen (secondary N) is 1. The Morgan fingerprint density at radius 2 is 1.90 bits per heavy atom. The molecule has 0 aliphatic rings. The van der Waals surface area contributed by atoms with Crippen molar-refractivity contribution in [2.24, 2.45) is 7.05 Å². The normalized spacial score (nSPS) is 11.8. The van der Waals surface area contributed by atoms with E-state index in [-0.39, 0.29) is 10.6 Å². The summed E-state index contributed by atoms with van der Waals surface area (Å²) in [5.41, 5.74) is 1.09. The van der Waals surface area contributed by atoms with E-state index in [1.165, 1.54) is 18.2 Å². The van der Waals surface area contributed by atoms with E-state index < -0.39 is 15.6 Å². The Bertz CT molecular complexity index is 696. The zero-order valence-corrected chi connectivity index (χ0v) is 11.6. The minimum Gasteiger partial charge on any atom is -0.378 e. The second-order valence-corrected chi connectivity index (χ2v) is 6.15. The molecule has 2 aromatic rings. The zero-order valence-electron chi connectivity index (χ0n) is 10.8. The molecule has 0 saturated heterocycles. The monoisotopic (exact) mass is 300 g/mol. The van der Waals surface area contributed by atoms with Crippen molar-refractivity contribution in [3.8, 4) is 0 Å². The topological polar surface area (TPSA) is 51.1 Å². The molecule has 0 atom stereocenters. The summed E-state index contributed by atoms with van der Waals surface area (Å²) in [7, 11) is -2.77. The van der Waals surface area contributed by atoms with Gasteiger partial charge in [0.15, 0.2) is 0 Å². The van der Waals surface area contributed by atoms with Crippen LogP contribution in [0.15, 0.2) is 47.5 Å². The van der Waals surface area contributed by atoms with Crippen LogP contribution in [0.1, 0.15) is 5.69 Å². The molecule has 0 saturated carbocycles. The molecule has 20 heavy (non-hydrogen) atoms. The molecular weight excluding hydrogens is 286 g/mol. The van der Waals surface area contributed by atoms with Crippen LogP contribution in [-0.2, 0) is 23.4 Å². The maximum Gasteiger partial charge on any atom is 0.341 e. The third-order valence-electron chi connectivity index (χ3n) is 2.94. The predicted octanol–water partition coefficient (Wildman–Crippen LogP) is 2.63. The van der Waals surface area contributed by atoms with Crippen LogP contribution in [0.3, 0.4) is 0 Å². The van der Waals surface area contributed by atoms with Crippen LogP contribution >= 0.6 is 0 Å². The van der Waals surface area contributed by atoms with Crippen LogP contribution in [0, 0.1) is 0 Å². The van der Waals surface area contributed by atoms with Crippen LogP contribution in [0.4, 0.5) is 14.5 Å². The van der Waals surface area contributed by atoms with Gasteiger partial charge < -0.3 is 9.88 Å². The third kappa shape index (κ3) is 2.82. The second-order valence-electron chi connectivity index (χ2n) is 4.27. The molecule has 1 N–H and O–H groups in total. The number of alkyl halides is 2. The average molecular weight is 300 g/mol. The molecule has 2 rings (SSSR count). The van der Waals surface area contributed by atoms with Crippen LogP contribution in [-0.4, -0.2) is 18.7 Å². The molecule has 0 spiro atoms. The second kappa shape index (κ2) is 5.62. The smallest absolute Gasteiger partial charge is 0.341 e. The van der Waals surface area contributed by atoms with Gasteiger partial charge in [-0.25, -0.2) is 8.42 Å². The van der Waals surface area contributed by atoms with E-state index in [9.17, 15) is 17.2 Å². The number of rotatable bonds is 5. The maximum absolute atomic E-state index is 12.6. The highest BCUT2D eigenvalue weighted by atomic mass is 32.2. The van der Waals surface area contributed by atoms with Crippen molar-refractivity contribution in [3.05, 3.63) is 48.3 Å².